The topological polar surface area (TPSA) is 211 Å². The average Bonchev–Trinajstić information content (AvgIpc) is 3.08. The van der Waals surface area contributed by atoms with E-state index < -0.39 is 52.5 Å². The predicted octanol–water partition coefficient (Wildman–Crippen LogP) is -2.05. The zero-order chi connectivity index (χ0) is 22.8. The molecule has 3 heterocycles. The summed E-state index contributed by atoms with van der Waals surface area (Å²) < 4.78 is 6.29. The molecule has 14 heteroatoms. The van der Waals surface area contributed by atoms with Crippen LogP contribution in [0.4, 0.5) is 5.95 Å². The van der Waals surface area contributed by atoms with Gasteiger partial charge >= 0.3 is 0 Å². The van der Waals surface area contributed by atoms with Crippen molar-refractivity contribution in [2.45, 2.75) is 50.4 Å². The maximum atomic E-state index is 12.5. The first-order valence-corrected chi connectivity index (χ1v) is 9.31. The lowest BCUT2D eigenvalue weighted by Crippen LogP contribution is -2.67. The Bertz CT molecular complexity index is 1140. The summed E-state index contributed by atoms with van der Waals surface area (Å²) in [6, 6.07) is 0. The van der Waals surface area contributed by atoms with Gasteiger partial charge < -0.3 is 25.8 Å². The van der Waals surface area contributed by atoms with Gasteiger partial charge in [-0.15, -0.1) is 0 Å². The zero-order valence-corrected chi connectivity index (χ0v) is 17.5. The van der Waals surface area contributed by atoms with Gasteiger partial charge in [0.2, 0.25) is 11.5 Å². The fraction of sp³-hybridized carbons (Fsp3) is 0.500. The number of nitrogens with two attached hydrogens (primary N) is 1. The third-order valence-electron chi connectivity index (χ3n) is 5.16. The molecule has 2 aromatic rings. The van der Waals surface area contributed by atoms with Crippen LogP contribution in [0.15, 0.2) is 9.53 Å². The number of nitrogen functional groups attached to an aromatic ring is 1. The molecule has 2 aromatic heterocycles. The van der Waals surface area contributed by atoms with Gasteiger partial charge in [0.25, 0.3) is 5.56 Å². The number of aromatic amines is 1. The van der Waals surface area contributed by atoms with Crippen molar-refractivity contribution in [2.24, 2.45) is 0 Å². The molecule has 0 saturated carbocycles. The van der Waals surface area contributed by atoms with Gasteiger partial charge in [0.05, 0.1) is 0 Å². The van der Waals surface area contributed by atoms with Crippen molar-refractivity contribution in [3.8, 4) is 0 Å². The minimum atomic E-state index is -3.02. The van der Waals surface area contributed by atoms with Crippen LogP contribution in [-0.2, 0) is 19.1 Å². The number of rotatable bonds is 5. The lowest BCUT2D eigenvalue weighted by molar-refractivity contribution is -0.184. The maximum absolute atomic E-state index is 12.5. The van der Waals surface area contributed by atoms with Crippen molar-refractivity contribution in [3.05, 3.63) is 15.1 Å². The first-order valence-electron chi connectivity index (χ1n) is 8.52. The SMILES string of the molecule is CC(=O)C(O)[C@H]1O[C@@H](n2c(Br)nc3c(=O)[nH]c(N)nc32)[C@@](O)(C(C)=O)[C@@]1(O)C(C)=O. The molecule has 162 valence electrons. The number of carbonyl (C=O) groups excluding carboxylic acids is 3. The Morgan fingerprint density at radius 3 is 2.27 bits per heavy atom. The largest absolute Gasteiger partial charge is 0.382 e. The van der Waals surface area contributed by atoms with Crippen LogP contribution in [0, 0.1) is 0 Å². The van der Waals surface area contributed by atoms with Crippen LogP contribution in [0.1, 0.15) is 27.0 Å². The minimum Gasteiger partial charge on any atom is -0.382 e. The molecule has 0 amide bonds. The number of fused-ring (bicyclic) bond motifs is 1. The Morgan fingerprint density at radius 2 is 1.77 bits per heavy atom. The monoisotopic (exact) mass is 487 g/mol. The lowest BCUT2D eigenvalue weighted by atomic mass is 9.73. The number of H-pyrrole nitrogens is 1. The summed E-state index contributed by atoms with van der Waals surface area (Å²) in [6.45, 7) is 2.72. The summed E-state index contributed by atoms with van der Waals surface area (Å²) in [6.07, 6.45) is -6.00. The van der Waals surface area contributed by atoms with Crippen LogP contribution >= 0.6 is 15.9 Å². The standard InChI is InChI=1S/C16H18BrN5O8/c1-4(23)8(26)9-15(28,5(2)24)16(29,6(3)25)12(30-9)22-10-7(19-13(22)17)11(27)21-14(18)20-10/h8-9,12,26,28-29H,1-3H3,(H3,18,20,21,27)/t8?,9-,12-,15-,16+/m1/s1. The molecular weight excluding hydrogens is 470 g/mol. The van der Waals surface area contributed by atoms with E-state index in [-0.39, 0.29) is 21.8 Å². The van der Waals surface area contributed by atoms with Gasteiger partial charge in [-0.2, -0.15) is 4.98 Å². The molecule has 13 nitrogen and oxygen atoms in total. The number of aliphatic hydroxyl groups excluding tert-OH is 1. The molecule has 30 heavy (non-hydrogen) atoms. The second-order valence-corrected chi connectivity index (χ2v) is 7.69. The Morgan fingerprint density at radius 1 is 1.20 bits per heavy atom. The zero-order valence-electron chi connectivity index (χ0n) is 15.9. The summed E-state index contributed by atoms with van der Waals surface area (Å²) in [4.78, 5) is 58.9. The van der Waals surface area contributed by atoms with Crippen LogP contribution in [0.25, 0.3) is 11.2 Å². The van der Waals surface area contributed by atoms with Gasteiger partial charge in [0.1, 0.15) is 12.2 Å². The molecule has 1 saturated heterocycles. The van der Waals surface area contributed by atoms with Gasteiger partial charge in [-0.1, -0.05) is 0 Å². The molecule has 0 aliphatic carbocycles. The Hall–Kier alpha value is -2.52. The number of imidazole rings is 1. The molecule has 6 N–H and O–H groups in total. The number of halogens is 1. The van der Waals surface area contributed by atoms with Crippen LogP contribution in [-0.4, -0.2) is 75.6 Å². The minimum absolute atomic E-state index is 0.172. The number of ketones is 3. The first-order chi connectivity index (χ1) is 13.8. The molecule has 0 radical (unpaired) electrons. The molecule has 1 aliphatic rings. The van der Waals surface area contributed by atoms with Gasteiger partial charge in [-0.05, 0) is 36.7 Å². The number of hydrogen-bond acceptors (Lipinski definition) is 11. The predicted molar refractivity (Wildman–Crippen MR) is 102 cm³/mol. The molecule has 1 aliphatic heterocycles. The molecule has 3 rings (SSSR count). The summed E-state index contributed by atoms with van der Waals surface area (Å²) in [5.74, 6) is -3.47. The number of nitrogens with zero attached hydrogens (tertiary/aromatic N) is 3. The third-order valence-corrected chi connectivity index (χ3v) is 5.72. The van der Waals surface area contributed by atoms with Crippen molar-refractivity contribution in [1.29, 1.82) is 0 Å². The van der Waals surface area contributed by atoms with Crippen molar-refractivity contribution < 1.29 is 34.4 Å². The summed E-state index contributed by atoms with van der Waals surface area (Å²) in [5.41, 5.74) is -1.70. The highest BCUT2D eigenvalue weighted by atomic mass is 79.9. The van der Waals surface area contributed by atoms with Crippen LogP contribution in [0.5, 0.6) is 0 Å². The highest BCUT2D eigenvalue weighted by Gasteiger charge is 2.73. The van der Waals surface area contributed by atoms with E-state index in [1.807, 2.05) is 0 Å². The van der Waals surface area contributed by atoms with Crippen molar-refractivity contribution in [1.82, 2.24) is 19.5 Å². The van der Waals surface area contributed by atoms with Gasteiger partial charge in [0.15, 0.2) is 45.1 Å². The summed E-state index contributed by atoms with van der Waals surface area (Å²) in [5, 5.41) is 32.8. The van der Waals surface area contributed by atoms with E-state index in [0.29, 0.717) is 0 Å². The fourth-order valence-electron chi connectivity index (χ4n) is 3.60. The van der Waals surface area contributed by atoms with E-state index in [2.05, 4.69) is 30.9 Å². The Labute approximate surface area is 176 Å². The molecule has 0 bridgehead atoms. The fourth-order valence-corrected chi connectivity index (χ4v) is 4.13. The van der Waals surface area contributed by atoms with Crippen LogP contribution < -0.4 is 11.3 Å². The number of hydrogen-bond donors (Lipinski definition) is 5. The number of ether oxygens (including phenoxy) is 1. The van der Waals surface area contributed by atoms with E-state index in [1.54, 1.807) is 0 Å². The lowest BCUT2D eigenvalue weighted by Gasteiger charge is -2.37. The number of anilines is 1. The second kappa shape index (κ2) is 7.02. The van der Waals surface area contributed by atoms with Gasteiger partial charge in [-0.3, -0.25) is 28.7 Å². The van der Waals surface area contributed by atoms with Crippen molar-refractivity contribution >= 4 is 50.4 Å². The number of Topliss-reactive ketones (excluding diaryl/α,β-unsaturated/α-hetero) is 3. The van der Waals surface area contributed by atoms with Gasteiger partial charge in [0, 0.05) is 0 Å². The summed E-state index contributed by atoms with van der Waals surface area (Å²) in [7, 11) is 0. The second-order valence-electron chi connectivity index (χ2n) is 6.98. The molecule has 0 aromatic carbocycles. The smallest absolute Gasteiger partial charge is 0.280 e. The Balaban J connectivity index is 2.38. The maximum Gasteiger partial charge on any atom is 0.280 e. The number of nitrogens with one attached hydrogen (secondary N) is 1. The molecule has 5 atom stereocenters. The number of aliphatic hydroxyl groups is 3. The quantitative estimate of drug-likeness (QED) is 0.289. The highest BCUT2D eigenvalue weighted by molar-refractivity contribution is 9.10. The van der Waals surface area contributed by atoms with E-state index >= 15 is 0 Å². The first kappa shape index (κ1) is 22.2. The normalized spacial score (nSPS) is 29.8. The average molecular weight is 488 g/mol. The molecular formula is C16H18BrN5O8. The van der Waals surface area contributed by atoms with Crippen molar-refractivity contribution in [3.63, 3.8) is 0 Å². The Kier molecular flexibility index (Phi) is 5.19. The van der Waals surface area contributed by atoms with E-state index in [9.17, 15) is 34.5 Å². The third kappa shape index (κ3) is 2.75. The highest BCUT2D eigenvalue weighted by Crippen LogP contribution is 2.49. The molecule has 1 fully saturated rings. The van der Waals surface area contributed by atoms with Crippen molar-refractivity contribution in [2.75, 3.05) is 5.73 Å². The molecule has 0 spiro atoms. The van der Waals surface area contributed by atoms with Gasteiger partial charge in [-0.25, -0.2) is 4.98 Å². The van der Waals surface area contributed by atoms with Crippen LogP contribution in [0.3, 0.4) is 0 Å². The molecule has 1 unspecified atom stereocenters. The van der Waals surface area contributed by atoms with Crippen LogP contribution in [0.2, 0.25) is 0 Å². The van der Waals surface area contributed by atoms with E-state index in [4.69, 9.17) is 10.5 Å². The number of carbonyl (C=O) groups is 3. The number of aromatic nitrogens is 4. The van der Waals surface area contributed by atoms with E-state index in [1.165, 1.54) is 0 Å². The van der Waals surface area contributed by atoms with E-state index in [0.717, 1.165) is 25.3 Å². The summed E-state index contributed by atoms with van der Waals surface area (Å²) >= 11 is 3.06.